The van der Waals surface area contributed by atoms with Crippen molar-refractivity contribution >= 4 is 17.4 Å². The van der Waals surface area contributed by atoms with Crippen molar-refractivity contribution in [3.8, 4) is 11.6 Å². The number of fused-ring (bicyclic) bond motifs is 1. The van der Waals surface area contributed by atoms with Crippen molar-refractivity contribution in [1.29, 1.82) is 0 Å². The number of carbonyl (C=O) groups excluding carboxylic acids is 2. The SMILES string of the molecule is O=C1CCc2c(F)cc(N3CCC(Oc4ccc(OCCF)nc4)C3=O)cc21. The van der Waals surface area contributed by atoms with Crippen LogP contribution in [0.5, 0.6) is 11.6 Å². The van der Waals surface area contributed by atoms with E-state index in [1.54, 1.807) is 12.1 Å². The standard InChI is InChI=1S/C20H18F2N2O4/c21-6-8-27-19-4-1-13(11-23-19)28-18-5-7-24(20(18)26)12-9-15-14(16(22)10-12)2-3-17(15)25/h1,4,9-11,18H,2-3,5-8H2. The Morgan fingerprint density at radius 2 is 2.07 bits per heavy atom. The fourth-order valence-corrected chi connectivity index (χ4v) is 3.50. The van der Waals surface area contributed by atoms with Crippen LogP contribution >= 0.6 is 0 Å². The van der Waals surface area contributed by atoms with Crippen molar-refractivity contribution in [2.45, 2.75) is 25.4 Å². The summed E-state index contributed by atoms with van der Waals surface area (Å²) in [5, 5.41) is 0. The van der Waals surface area contributed by atoms with Crippen LogP contribution in [0.1, 0.15) is 28.8 Å². The van der Waals surface area contributed by atoms with Crippen molar-refractivity contribution in [3.05, 3.63) is 47.4 Å². The maximum absolute atomic E-state index is 14.3. The fraction of sp³-hybridized carbons (Fsp3) is 0.350. The summed E-state index contributed by atoms with van der Waals surface area (Å²) in [7, 11) is 0. The lowest BCUT2D eigenvalue weighted by molar-refractivity contribution is -0.122. The third-order valence-corrected chi connectivity index (χ3v) is 4.87. The predicted octanol–water partition coefficient (Wildman–Crippen LogP) is 2.88. The van der Waals surface area contributed by atoms with Crippen LogP contribution in [-0.4, -0.2) is 42.6 Å². The molecule has 2 aromatic rings. The van der Waals surface area contributed by atoms with Crippen molar-refractivity contribution in [1.82, 2.24) is 4.98 Å². The van der Waals surface area contributed by atoms with E-state index in [4.69, 9.17) is 9.47 Å². The Balaban J connectivity index is 1.46. The molecule has 4 rings (SSSR count). The number of alkyl halides is 1. The number of hydrogen-bond acceptors (Lipinski definition) is 5. The van der Waals surface area contributed by atoms with Crippen molar-refractivity contribution in [3.63, 3.8) is 0 Å². The largest absolute Gasteiger partial charge is 0.479 e. The number of Topliss-reactive ketones (excluding diaryl/α,β-unsaturated/α-hetero) is 1. The van der Waals surface area contributed by atoms with Gasteiger partial charge < -0.3 is 14.4 Å². The molecule has 1 aromatic carbocycles. The molecule has 8 heteroatoms. The van der Waals surface area contributed by atoms with Crippen LogP contribution in [0.4, 0.5) is 14.5 Å². The van der Waals surface area contributed by atoms with Crippen molar-refractivity contribution < 1.29 is 27.8 Å². The first-order valence-electron chi connectivity index (χ1n) is 9.05. The Morgan fingerprint density at radius 3 is 2.82 bits per heavy atom. The zero-order valence-corrected chi connectivity index (χ0v) is 15.0. The van der Waals surface area contributed by atoms with Gasteiger partial charge in [-0.1, -0.05) is 0 Å². The smallest absolute Gasteiger partial charge is 0.268 e. The van der Waals surface area contributed by atoms with Gasteiger partial charge in [0.2, 0.25) is 5.88 Å². The summed E-state index contributed by atoms with van der Waals surface area (Å²) in [6, 6.07) is 6.01. The van der Waals surface area contributed by atoms with Gasteiger partial charge in [-0.15, -0.1) is 0 Å². The molecule has 2 aliphatic rings. The average Bonchev–Trinajstić information content (AvgIpc) is 3.25. The summed E-state index contributed by atoms with van der Waals surface area (Å²) in [5.74, 6) is -0.215. The molecule has 0 radical (unpaired) electrons. The highest BCUT2D eigenvalue weighted by atomic mass is 19.1. The summed E-state index contributed by atoms with van der Waals surface area (Å²) >= 11 is 0. The highest BCUT2D eigenvalue weighted by Gasteiger charge is 2.36. The normalized spacial score (nSPS) is 18.5. The van der Waals surface area contributed by atoms with Gasteiger partial charge in [0.25, 0.3) is 5.91 Å². The number of aromatic nitrogens is 1. The molecule has 0 bridgehead atoms. The molecular weight excluding hydrogens is 370 g/mol. The van der Waals surface area contributed by atoms with E-state index in [0.29, 0.717) is 48.4 Å². The molecule has 6 nitrogen and oxygen atoms in total. The molecule has 1 amide bonds. The Hall–Kier alpha value is -3.03. The zero-order valence-electron chi connectivity index (χ0n) is 15.0. The van der Waals surface area contributed by atoms with E-state index in [1.807, 2.05) is 0 Å². The number of rotatable bonds is 6. The van der Waals surface area contributed by atoms with Gasteiger partial charge in [-0.2, -0.15) is 0 Å². The second kappa shape index (κ2) is 7.53. The highest BCUT2D eigenvalue weighted by molar-refractivity contribution is 6.04. The molecule has 0 saturated carbocycles. The molecule has 146 valence electrons. The number of halogens is 2. The van der Waals surface area contributed by atoms with Gasteiger partial charge in [0.05, 0.1) is 6.20 Å². The Kier molecular flexibility index (Phi) is 4.93. The Bertz CT molecular complexity index is 917. The first-order valence-corrected chi connectivity index (χ1v) is 9.05. The number of pyridine rings is 1. The highest BCUT2D eigenvalue weighted by Crippen LogP contribution is 2.32. The van der Waals surface area contributed by atoms with Gasteiger partial charge >= 0.3 is 0 Å². The molecule has 1 fully saturated rings. The Morgan fingerprint density at radius 1 is 1.21 bits per heavy atom. The minimum Gasteiger partial charge on any atom is -0.479 e. The maximum atomic E-state index is 14.3. The van der Waals surface area contributed by atoms with Gasteiger partial charge in [0.1, 0.15) is 24.8 Å². The van der Waals surface area contributed by atoms with Gasteiger partial charge in [0, 0.05) is 36.7 Å². The van der Waals surface area contributed by atoms with E-state index in [-0.39, 0.29) is 24.2 Å². The van der Waals surface area contributed by atoms with Crippen molar-refractivity contribution in [2.75, 3.05) is 24.7 Å². The van der Waals surface area contributed by atoms with Crippen LogP contribution < -0.4 is 14.4 Å². The summed E-state index contributed by atoms with van der Waals surface area (Å²) in [6.45, 7) is -0.328. The quantitative estimate of drug-likeness (QED) is 0.761. The number of hydrogen-bond donors (Lipinski definition) is 0. The number of amides is 1. The molecule has 1 saturated heterocycles. The average molecular weight is 388 g/mol. The van der Waals surface area contributed by atoms with E-state index in [0.717, 1.165) is 0 Å². The van der Waals surface area contributed by atoms with E-state index in [2.05, 4.69) is 4.98 Å². The number of ether oxygens (including phenoxy) is 2. The molecule has 0 spiro atoms. The first-order chi connectivity index (χ1) is 13.6. The number of benzene rings is 1. The molecule has 1 unspecified atom stereocenters. The van der Waals surface area contributed by atoms with Crippen molar-refractivity contribution in [2.24, 2.45) is 0 Å². The van der Waals surface area contributed by atoms with E-state index in [1.165, 1.54) is 23.2 Å². The minimum atomic E-state index is -0.730. The van der Waals surface area contributed by atoms with Gasteiger partial charge in [-0.3, -0.25) is 9.59 Å². The number of nitrogens with zero attached hydrogens (tertiary/aromatic N) is 2. The van der Waals surface area contributed by atoms with Crippen LogP contribution in [0.25, 0.3) is 0 Å². The van der Waals surface area contributed by atoms with Crippen LogP contribution in [-0.2, 0) is 11.2 Å². The monoisotopic (exact) mass is 388 g/mol. The second-order valence-electron chi connectivity index (χ2n) is 6.63. The van der Waals surface area contributed by atoms with E-state index >= 15 is 0 Å². The summed E-state index contributed by atoms with van der Waals surface area (Å²) in [4.78, 5) is 30.1. The molecular formula is C20H18F2N2O4. The number of carbonyl (C=O) groups is 2. The van der Waals surface area contributed by atoms with Crippen LogP contribution in [0, 0.1) is 5.82 Å². The number of ketones is 1. The molecule has 1 aromatic heterocycles. The third kappa shape index (κ3) is 3.42. The molecule has 28 heavy (non-hydrogen) atoms. The lowest BCUT2D eigenvalue weighted by Gasteiger charge is -2.18. The Labute approximate surface area is 160 Å². The molecule has 0 N–H and O–H groups in total. The van der Waals surface area contributed by atoms with E-state index < -0.39 is 18.6 Å². The lowest BCUT2D eigenvalue weighted by Crippen LogP contribution is -2.32. The second-order valence-corrected chi connectivity index (χ2v) is 6.63. The van der Waals surface area contributed by atoms with Crippen LogP contribution in [0.3, 0.4) is 0 Å². The van der Waals surface area contributed by atoms with Gasteiger partial charge in [-0.25, -0.2) is 13.8 Å². The molecule has 1 aliphatic heterocycles. The third-order valence-electron chi connectivity index (χ3n) is 4.87. The van der Waals surface area contributed by atoms with Gasteiger partial charge in [0.15, 0.2) is 11.9 Å². The van der Waals surface area contributed by atoms with Crippen LogP contribution in [0.15, 0.2) is 30.5 Å². The predicted molar refractivity (Wildman–Crippen MR) is 96.1 cm³/mol. The topological polar surface area (TPSA) is 68.7 Å². The molecule has 1 aliphatic carbocycles. The number of anilines is 1. The summed E-state index contributed by atoms with van der Waals surface area (Å²) in [6.07, 6.45) is 1.79. The maximum Gasteiger partial charge on any atom is 0.268 e. The minimum absolute atomic E-state index is 0.0802. The summed E-state index contributed by atoms with van der Waals surface area (Å²) in [5.41, 5.74) is 1.16. The summed E-state index contributed by atoms with van der Waals surface area (Å²) < 4.78 is 37.2. The fourth-order valence-electron chi connectivity index (χ4n) is 3.50. The lowest BCUT2D eigenvalue weighted by atomic mass is 10.1. The van der Waals surface area contributed by atoms with Gasteiger partial charge in [-0.05, 0) is 30.2 Å². The zero-order chi connectivity index (χ0) is 19.7. The molecule has 1 atom stereocenters. The van der Waals surface area contributed by atoms with E-state index in [9.17, 15) is 18.4 Å². The molecule has 2 heterocycles. The first kappa shape index (κ1) is 18.3. The van der Waals surface area contributed by atoms with Crippen LogP contribution in [0.2, 0.25) is 0 Å².